The van der Waals surface area contributed by atoms with Gasteiger partial charge >= 0.3 is 0 Å². The average molecular weight is 209 g/mol. The van der Waals surface area contributed by atoms with E-state index in [-0.39, 0.29) is 5.91 Å². The third-order valence-corrected chi connectivity index (χ3v) is 1.77. The van der Waals surface area contributed by atoms with Crippen molar-refractivity contribution in [1.29, 1.82) is 0 Å². The van der Waals surface area contributed by atoms with Crippen LogP contribution in [0.25, 0.3) is 0 Å². The molecular weight excluding hydrogens is 194 g/mol. The third kappa shape index (κ3) is 4.30. The molecule has 15 heavy (non-hydrogen) atoms. The van der Waals surface area contributed by atoms with Gasteiger partial charge in [-0.25, -0.2) is 4.98 Å². The molecule has 0 bridgehead atoms. The minimum Gasteiger partial charge on any atom is -0.481 e. The molecule has 0 saturated carbocycles. The molecule has 1 aromatic heterocycles. The van der Waals surface area contributed by atoms with Crippen molar-refractivity contribution in [2.24, 2.45) is 0 Å². The fourth-order valence-electron chi connectivity index (χ4n) is 1.05. The van der Waals surface area contributed by atoms with E-state index in [0.29, 0.717) is 19.0 Å². The van der Waals surface area contributed by atoms with Gasteiger partial charge in [-0.2, -0.15) is 0 Å². The third-order valence-electron chi connectivity index (χ3n) is 1.77. The molecule has 1 amide bonds. The normalized spacial score (nSPS) is 9.47. The minimum absolute atomic E-state index is 0.0235. The van der Waals surface area contributed by atoms with Crippen LogP contribution in [0.3, 0.4) is 0 Å². The molecule has 0 aliphatic heterocycles. The molecule has 5 heteroatoms. The zero-order valence-electron chi connectivity index (χ0n) is 8.91. The van der Waals surface area contributed by atoms with Gasteiger partial charge in [0.05, 0.1) is 19.0 Å². The number of hydrogen-bond acceptors (Lipinski definition) is 4. The summed E-state index contributed by atoms with van der Waals surface area (Å²) < 4.78 is 4.93. The summed E-state index contributed by atoms with van der Waals surface area (Å²) >= 11 is 0. The molecule has 0 fully saturated rings. The van der Waals surface area contributed by atoms with Crippen molar-refractivity contribution >= 4 is 11.6 Å². The molecule has 1 heterocycles. The monoisotopic (exact) mass is 209 g/mol. The van der Waals surface area contributed by atoms with E-state index in [9.17, 15) is 4.79 Å². The summed E-state index contributed by atoms with van der Waals surface area (Å²) in [5, 5.41) is 5.81. The maximum Gasteiger partial charge on any atom is 0.216 e. The molecule has 2 N–H and O–H groups in total. The van der Waals surface area contributed by atoms with Gasteiger partial charge in [0.1, 0.15) is 0 Å². The number of ether oxygens (including phenoxy) is 1. The van der Waals surface area contributed by atoms with E-state index in [1.165, 1.54) is 6.92 Å². The van der Waals surface area contributed by atoms with Crippen molar-refractivity contribution in [2.75, 3.05) is 25.5 Å². The Morgan fingerprint density at radius 1 is 1.47 bits per heavy atom. The number of nitrogens with one attached hydrogen (secondary N) is 2. The summed E-state index contributed by atoms with van der Waals surface area (Å²) in [6, 6.07) is 3.65. The van der Waals surface area contributed by atoms with Crippen LogP contribution in [-0.2, 0) is 4.79 Å². The first-order valence-corrected chi connectivity index (χ1v) is 4.70. The van der Waals surface area contributed by atoms with Gasteiger partial charge < -0.3 is 15.4 Å². The second-order valence-electron chi connectivity index (χ2n) is 3.00. The highest BCUT2D eigenvalue weighted by molar-refractivity contribution is 5.72. The first kappa shape index (κ1) is 11.3. The van der Waals surface area contributed by atoms with Crippen molar-refractivity contribution in [2.45, 2.75) is 6.92 Å². The highest BCUT2D eigenvalue weighted by Crippen LogP contribution is 2.09. The molecule has 0 aromatic carbocycles. The fraction of sp³-hybridized carbons (Fsp3) is 0.400. The van der Waals surface area contributed by atoms with Gasteiger partial charge in [-0.1, -0.05) is 0 Å². The summed E-state index contributed by atoms with van der Waals surface area (Å²) in [4.78, 5) is 14.6. The highest BCUT2D eigenvalue weighted by atomic mass is 16.5. The molecule has 0 saturated heterocycles. The second kappa shape index (κ2) is 5.85. The largest absolute Gasteiger partial charge is 0.481 e. The molecule has 0 spiro atoms. The predicted octanol–water partition coefficient (Wildman–Crippen LogP) is 0.638. The van der Waals surface area contributed by atoms with Crippen LogP contribution in [0.4, 0.5) is 5.69 Å². The highest BCUT2D eigenvalue weighted by Gasteiger charge is 1.94. The van der Waals surface area contributed by atoms with Gasteiger partial charge in [-0.05, 0) is 6.07 Å². The van der Waals surface area contributed by atoms with E-state index in [1.54, 1.807) is 19.4 Å². The average Bonchev–Trinajstić information content (AvgIpc) is 2.25. The van der Waals surface area contributed by atoms with E-state index in [0.717, 1.165) is 5.69 Å². The Morgan fingerprint density at radius 2 is 2.27 bits per heavy atom. The Bertz CT molecular complexity index is 311. The van der Waals surface area contributed by atoms with E-state index in [1.807, 2.05) is 6.07 Å². The lowest BCUT2D eigenvalue weighted by Gasteiger charge is -2.06. The lowest BCUT2D eigenvalue weighted by Crippen LogP contribution is -2.26. The summed E-state index contributed by atoms with van der Waals surface area (Å²) in [7, 11) is 1.58. The van der Waals surface area contributed by atoms with Crippen molar-refractivity contribution in [3.8, 4) is 5.88 Å². The SMILES string of the molecule is COc1ccc(NCCNC(C)=O)cn1. The number of aromatic nitrogens is 1. The summed E-state index contributed by atoms with van der Waals surface area (Å²) in [5.41, 5.74) is 0.904. The molecule has 1 rings (SSSR count). The smallest absolute Gasteiger partial charge is 0.216 e. The van der Waals surface area contributed by atoms with Gasteiger partial charge in [0, 0.05) is 26.1 Å². The topological polar surface area (TPSA) is 63.2 Å². The molecule has 1 aromatic rings. The van der Waals surface area contributed by atoms with Crippen LogP contribution in [0.15, 0.2) is 18.3 Å². The maximum atomic E-state index is 10.6. The number of nitrogens with zero attached hydrogens (tertiary/aromatic N) is 1. The van der Waals surface area contributed by atoms with Crippen LogP contribution in [0.5, 0.6) is 5.88 Å². The number of methoxy groups -OCH3 is 1. The van der Waals surface area contributed by atoms with Crippen LogP contribution >= 0.6 is 0 Å². The molecular formula is C10H15N3O2. The fourth-order valence-corrected chi connectivity index (χ4v) is 1.05. The van der Waals surface area contributed by atoms with Crippen LogP contribution in [-0.4, -0.2) is 31.1 Å². The first-order chi connectivity index (χ1) is 7.22. The summed E-state index contributed by atoms with van der Waals surface area (Å²) in [5.74, 6) is 0.562. The number of carbonyl (C=O) groups is 1. The zero-order chi connectivity index (χ0) is 11.1. The number of anilines is 1. The Kier molecular flexibility index (Phi) is 4.40. The molecule has 0 unspecified atom stereocenters. The van der Waals surface area contributed by atoms with Gasteiger partial charge in [0.2, 0.25) is 11.8 Å². The Balaban J connectivity index is 2.28. The van der Waals surface area contributed by atoms with E-state index < -0.39 is 0 Å². The summed E-state index contributed by atoms with van der Waals surface area (Å²) in [6.45, 7) is 2.77. The number of pyridine rings is 1. The van der Waals surface area contributed by atoms with Gasteiger partial charge in [-0.15, -0.1) is 0 Å². The van der Waals surface area contributed by atoms with Crippen molar-refractivity contribution in [3.05, 3.63) is 18.3 Å². The zero-order valence-corrected chi connectivity index (χ0v) is 8.91. The summed E-state index contributed by atoms with van der Waals surface area (Å²) in [6.07, 6.45) is 1.69. The Hall–Kier alpha value is -1.78. The molecule has 0 atom stereocenters. The van der Waals surface area contributed by atoms with E-state index in [4.69, 9.17) is 4.74 Å². The molecule has 0 aliphatic rings. The van der Waals surface area contributed by atoms with Crippen molar-refractivity contribution in [1.82, 2.24) is 10.3 Å². The Labute approximate surface area is 88.9 Å². The number of hydrogen-bond donors (Lipinski definition) is 2. The minimum atomic E-state index is -0.0235. The molecule has 0 radical (unpaired) electrons. The van der Waals surface area contributed by atoms with Gasteiger partial charge in [-0.3, -0.25) is 4.79 Å². The Morgan fingerprint density at radius 3 is 2.80 bits per heavy atom. The van der Waals surface area contributed by atoms with Gasteiger partial charge in [0.25, 0.3) is 0 Å². The lowest BCUT2D eigenvalue weighted by atomic mass is 10.4. The van der Waals surface area contributed by atoms with E-state index >= 15 is 0 Å². The quantitative estimate of drug-likeness (QED) is 0.698. The van der Waals surface area contributed by atoms with Crippen molar-refractivity contribution in [3.63, 3.8) is 0 Å². The van der Waals surface area contributed by atoms with Gasteiger partial charge in [0.15, 0.2) is 0 Å². The number of carbonyl (C=O) groups excluding carboxylic acids is 1. The maximum absolute atomic E-state index is 10.6. The van der Waals surface area contributed by atoms with Crippen LogP contribution < -0.4 is 15.4 Å². The number of amides is 1. The van der Waals surface area contributed by atoms with Crippen molar-refractivity contribution < 1.29 is 9.53 Å². The standard InChI is InChI=1S/C10H15N3O2/c1-8(14)11-5-6-12-9-3-4-10(15-2)13-7-9/h3-4,7,12H,5-6H2,1-2H3,(H,11,14). The predicted molar refractivity (Wildman–Crippen MR) is 58.0 cm³/mol. The number of rotatable bonds is 5. The lowest BCUT2D eigenvalue weighted by molar-refractivity contribution is -0.118. The van der Waals surface area contributed by atoms with Crippen LogP contribution in [0.2, 0.25) is 0 Å². The molecule has 0 aliphatic carbocycles. The van der Waals surface area contributed by atoms with Crippen LogP contribution in [0, 0.1) is 0 Å². The second-order valence-corrected chi connectivity index (χ2v) is 3.00. The molecule has 5 nitrogen and oxygen atoms in total. The van der Waals surface area contributed by atoms with E-state index in [2.05, 4.69) is 15.6 Å². The molecule has 82 valence electrons. The first-order valence-electron chi connectivity index (χ1n) is 4.70. The van der Waals surface area contributed by atoms with Crippen LogP contribution in [0.1, 0.15) is 6.92 Å².